The summed E-state index contributed by atoms with van der Waals surface area (Å²) in [4.78, 5) is 22.6. The molecule has 0 heterocycles. The fraction of sp³-hybridized carbons (Fsp3) is 0.750. The summed E-state index contributed by atoms with van der Waals surface area (Å²) in [5.41, 5.74) is 0. The summed E-state index contributed by atoms with van der Waals surface area (Å²) in [6.07, 6.45) is 1.79. The van der Waals surface area contributed by atoms with Crippen LogP contribution < -0.4 is 0 Å². The number of hydrogen-bond donors (Lipinski definition) is 0. The van der Waals surface area contributed by atoms with Crippen molar-refractivity contribution < 1.29 is 9.59 Å². The van der Waals surface area contributed by atoms with Gasteiger partial charge in [-0.1, -0.05) is 6.92 Å². The molecule has 0 aliphatic carbocycles. The van der Waals surface area contributed by atoms with Gasteiger partial charge in [0.2, 0.25) is 5.91 Å². The van der Waals surface area contributed by atoms with Crippen molar-refractivity contribution in [1.29, 1.82) is 0 Å². The zero-order valence-corrected chi connectivity index (χ0v) is 7.33. The van der Waals surface area contributed by atoms with Crippen LogP contribution in [0, 0.1) is 5.92 Å². The number of aldehydes is 1. The third-order valence-electron chi connectivity index (χ3n) is 1.52. The zero-order chi connectivity index (χ0) is 8.85. The second-order valence-corrected chi connectivity index (χ2v) is 3.00. The van der Waals surface area contributed by atoms with Crippen LogP contribution in [0.4, 0.5) is 0 Å². The van der Waals surface area contributed by atoms with E-state index in [0.717, 1.165) is 6.29 Å². The molecule has 0 rings (SSSR count). The minimum atomic E-state index is 0.0827. The van der Waals surface area contributed by atoms with Gasteiger partial charge in [-0.15, -0.1) is 0 Å². The van der Waals surface area contributed by atoms with Gasteiger partial charge in [0.25, 0.3) is 0 Å². The van der Waals surface area contributed by atoms with E-state index in [4.69, 9.17) is 0 Å². The van der Waals surface area contributed by atoms with Crippen LogP contribution in [-0.4, -0.2) is 31.2 Å². The quantitative estimate of drug-likeness (QED) is 0.563. The van der Waals surface area contributed by atoms with E-state index in [-0.39, 0.29) is 11.8 Å². The highest BCUT2D eigenvalue weighted by molar-refractivity contribution is 5.76. The third kappa shape index (κ3) is 4.53. The van der Waals surface area contributed by atoms with Gasteiger partial charge in [0.05, 0.1) is 0 Å². The molecule has 0 spiro atoms. The predicted molar refractivity (Wildman–Crippen MR) is 43.2 cm³/mol. The highest BCUT2D eigenvalue weighted by atomic mass is 16.2. The first-order valence-electron chi connectivity index (χ1n) is 3.71. The molecule has 64 valence electrons. The Kier molecular flexibility index (Phi) is 4.50. The Labute approximate surface area is 67.4 Å². The van der Waals surface area contributed by atoms with E-state index in [0.29, 0.717) is 12.8 Å². The largest absolute Gasteiger partial charge is 0.349 e. The molecule has 0 N–H and O–H groups in total. The standard InChI is InChI=1S/C8H15NO2/c1-7(4-5-10)6-8(11)9(2)3/h5,7H,4,6H2,1-3H3. The summed E-state index contributed by atoms with van der Waals surface area (Å²) in [7, 11) is 3.44. The van der Waals surface area contributed by atoms with Crippen LogP contribution in [0.25, 0.3) is 0 Å². The molecule has 1 amide bonds. The van der Waals surface area contributed by atoms with Crippen molar-refractivity contribution >= 4 is 12.2 Å². The van der Waals surface area contributed by atoms with Crippen molar-refractivity contribution in [2.45, 2.75) is 19.8 Å². The van der Waals surface area contributed by atoms with E-state index in [1.807, 2.05) is 6.92 Å². The fourth-order valence-electron chi connectivity index (χ4n) is 0.728. The number of amides is 1. The first-order chi connectivity index (χ1) is 5.07. The molecule has 0 fully saturated rings. The lowest BCUT2D eigenvalue weighted by Crippen LogP contribution is -2.23. The van der Waals surface area contributed by atoms with Crippen molar-refractivity contribution in [3.8, 4) is 0 Å². The summed E-state index contributed by atoms with van der Waals surface area (Å²) >= 11 is 0. The Bertz CT molecular complexity index is 143. The van der Waals surface area contributed by atoms with Gasteiger partial charge in [-0.25, -0.2) is 0 Å². The van der Waals surface area contributed by atoms with E-state index >= 15 is 0 Å². The summed E-state index contributed by atoms with van der Waals surface area (Å²) < 4.78 is 0. The van der Waals surface area contributed by atoms with Crippen LogP contribution in [0.5, 0.6) is 0 Å². The Hall–Kier alpha value is -0.860. The first-order valence-corrected chi connectivity index (χ1v) is 3.71. The Morgan fingerprint density at radius 1 is 1.55 bits per heavy atom. The van der Waals surface area contributed by atoms with Gasteiger partial charge >= 0.3 is 0 Å². The zero-order valence-electron chi connectivity index (χ0n) is 7.33. The lowest BCUT2D eigenvalue weighted by molar-refractivity contribution is -0.129. The number of hydrogen-bond acceptors (Lipinski definition) is 2. The molecule has 0 aromatic rings. The molecule has 0 aliphatic heterocycles. The number of carbonyl (C=O) groups excluding carboxylic acids is 2. The summed E-state index contributed by atoms with van der Waals surface area (Å²) in [6.45, 7) is 1.90. The Morgan fingerprint density at radius 2 is 2.09 bits per heavy atom. The SMILES string of the molecule is CC(CC=O)CC(=O)N(C)C. The van der Waals surface area contributed by atoms with Gasteiger partial charge in [0.1, 0.15) is 6.29 Å². The molecule has 0 saturated heterocycles. The van der Waals surface area contributed by atoms with E-state index < -0.39 is 0 Å². The molecule has 0 radical (unpaired) electrons. The first kappa shape index (κ1) is 10.1. The monoisotopic (exact) mass is 157 g/mol. The van der Waals surface area contributed by atoms with Crippen molar-refractivity contribution in [1.82, 2.24) is 4.90 Å². The molecule has 1 unspecified atom stereocenters. The molecule has 0 bridgehead atoms. The van der Waals surface area contributed by atoms with E-state index in [2.05, 4.69) is 0 Å². The molecular formula is C8H15NO2. The normalized spacial score (nSPS) is 12.3. The molecule has 11 heavy (non-hydrogen) atoms. The third-order valence-corrected chi connectivity index (χ3v) is 1.52. The highest BCUT2D eigenvalue weighted by Crippen LogP contribution is 2.06. The molecule has 0 aliphatic rings. The topological polar surface area (TPSA) is 37.4 Å². The highest BCUT2D eigenvalue weighted by Gasteiger charge is 2.09. The maximum atomic E-state index is 11.0. The number of nitrogens with zero attached hydrogens (tertiary/aromatic N) is 1. The van der Waals surface area contributed by atoms with Crippen LogP contribution in [-0.2, 0) is 9.59 Å². The Balaban J connectivity index is 3.65. The van der Waals surface area contributed by atoms with Crippen molar-refractivity contribution in [3.63, 3.8) is 0 Å². The van der Waals surface area contributed by atoms with Gasteiger partial charge in [-0.05, 0) is 5.92 Å². The number of rotatable bonds is 4. The van der Waals surface area contributed by atoms with Crippen LogP contribution in [0.15, 0.2) is 0 Å². The van der Waals surface area contributed by atoms with Crippen molar-refractivity contribution in [3.05, 3.63) is 0 Å². The van der Waals surface area contributed by atoms with Crippen LogP contribution in [0.3, 0.4) is 0 Å². The van der Waals surface area contributed by atoms with E-state index in [9.17, 15) is 9.59 Å². The lowest BCUT2D eigenvalue weighted by atomic mass is 10.0. The van der Waals surface area contributed by atoms with Gasteiger partial charge < -0.3 is 9.69 Å². The average Bonchev–Trinajstić information content (AvgIpc) is 1.87. The molecule has 3 nitrogen and oxygen atoms in total. The summed E-state index contributed by atoms with van der Waals surface area (Å²) in [5, 5.41) is 0. The smallest absolute Gasteiger partial charge is 0.222 e. The van der Waals surface area contributed by atoms with E-state index in [1.165, 1.54) is 0 Å². The van der Waals surface area contributed by atoms with Crippen molar-refractivity contribution in [2.75, 3.05) is 14.1 Å². The summed E-state index contributed by atoms with van der Waals surface area (Å²) in [6, 6.07) is 0. The molecule has 3 heteroatoms. The van der Waals surface area contributed by atoms with Gasteiger partial charge in [0, 0.05) is 26.9 Å². The second kappa shape index (κ2) is 4.88. The maximum Gasteiger partial charge on any atom is 0.222 e. The van der Waals surface area contributed by atoms with Crippen LogP contribution in [0.1, 0.15) is 19.8 Å². The van der Waals surface area contributed by atoms with Gasteiger partial charge in [-0.2, -0.15) is 0 Å². The average molecular weight is 157 g/mol. The van der Waals surface area contributed by atoms with Crippen LogP contribution in [0.2, 0.25) is 0 Å². The number of carbonyl (C=O) groups is 2. The lowest BCUT2D eigenvalue weighted by Gasteiger charge is -2.12. The predicted octanol–water partition coefficient (Wildman–Crippen LogP) is 0.690. The maximum absolute atomic E-state index is 11.0. The second-order valence-electron chi connectivity index (χ2n) is 3.00. The Morgan fingerprint density at radius 3 is 2.45 bits per heavy atom. The molecule has 0 saturated carbocycles. The summed E-state index contributed by atoms with van der Waals surface area (Å²) in [5.74, 6) is 0.252. The van der Waals surface area contributed by atoms with Crippen molar-refractivity contribution in [2.24, 2.45) is 5.92 Å². The van der Waals surface area contributed by atoms with E-state index in [1.54, 1.807) is 19.0 Å². The minimum Gasteiger partial charge on any atom is -0.349 e. The van der Waals surface area contributed by atoms with Gasteiger partial charge in [-0.3, -0.25) is 4.79 Å². The van der Waals surface area contributed by atoms with Crippen LogP contribution >= 0.6 is 0 Å². The molecular weight excluding hydrogens is 142 g/mol. The fourth-order valence-corrected chi connectivity index (χ4v) is 0.728. The molecule has 1 atom stereocenters. The molecule has 0 aromatic carbocycles. The van der Waals surface area contributed by atoms with Gasteiger partial charge in [0.15, 0.2) is 0 Å². The molecule has 0 aromatic heterocycles. The minimum absolute atomic E-state index is 0.0827.